The molecular weight excluding hydrogens is 160 g/mol. The number of carbonyl (C=O) groups is 2. The summed E-state index contributed by atoms with van der Waals surface area (Å²) in [7, 11) is 0. The number of allylic oxidation sites excluding steroid dienone is 2. The third-order valence-corrected chi connectivity index (χ3v) is 1.12. The van der Waals surface area contributed by atoms with Crippen molar-refractivity contribution in [2.45, 2.75) is 19.3 Å². The van der Waals surface area contributed by atoms with Crippen LogP contribution in [0.5, 0.6) is 0 Å². The Morgan fingerprint density at radius 2 is 1.83 bits per heavy atom. The zero-order chi connectivity index (χ0) is 9.40. The Hall–Kier alpha value is -1.32. The molecule has 0 bridgehead atoms. The molecular formula is C8H11O4. The van der Waals surface area contributed by atoms with Crippen molar-refractivity contribution in [3.05, 3.63) is 18.6 Å². The van der Waals surface area contributed by atoms with Gasteiger partial charge in [0, 0.05) is 6.42 Å². The summed E-state index contributed by atoms with van der Waals surface area (Å²) in [6, 6.07) is 0. The van der Waals surface area contributed by atoms with Gasteiger partial charge in [0.2, 0.25) is 0 Å². The fourth-order valence-electron chi connectivity index (χ4n) is 0.590. The molecule has 4 heteroatoms. The molecule has 0 amide bonds. The molecule has 0 spiro atoms. The van der Waals surface area contributed by atoms with E-state index in [2.05, 4.69) is 0 Å². The molecule has 0 rings (SSSR count). The van der Waals surface area contributed by atoms with Gasteiger partial charge in [-0.25, -0.2) is 0 Å². The van der Waals surface area contributed by atoms with E-state index in [1.165, 1.54) is 0 Å². The summed E-state index contributed by atoms with van der Waals surface area (Å²) in [6.07, 6.45) is 5.28. The Bertz CT molecular complexity index is 163. The maximum Gasteiger partial charge on any atom is 0.307 e. The average Bonchev–Trinajstić information content (AvgIpc) is 1.95. The SMILES string of the molecule is O=C(O)[CH]CC=CCCC(=O)O. The third kappa shape index (κ3) is 8.68. The predicted molar refractivity (Wildman–Crippen MR) is 42.6 cm³/mol. The zero-order valence-corrected chi connectivity index (χ0v) is 6.56. The second kappa shape index (κ2) is 6.39. The van der Waals surface area contributed by atoms with Crippen LogP contribution in [0.15, 0.2) is 12.2 Å². The molecule has 0 aromatic carbocycles. The van der Waals surface area contributed by atoms with Gasteiger partial charge in [-0.1, -0.05) is 12.2 Å². The van der Waals surface area contributed by atoms with Crippen LogP contribution >= 0.6 is 0 Å². The van der Waals surface area contributed by atoms with E-state index in [0.29, 0.717) is 12.8 Å². The van der Waals surface area contributed by atoms with Crippen LogP contribution in [0.3, 0.4) is 0 Å². The van der Waals surface area contributed by atoms with E-state index in [1.807, 2.05) is 0 Å². The first-order valence-electron chi connectivity index (χ1n) is 3.56. The van der Waals surface area contributed by atoms with Crippen molar-refractivity contribution in [1.82, 2.24) is 0 Å². The van der Waals surface area contributed by atoms with Crippen molar-refractivity contribution in [2.75, 3.05) is 0 Å². The van der Waals surface area contributed by atoms with Gasteiger partial charge < -0.3 is 10.2 Å². The Kier molecular flexibility index (Phi) is 5.69. The third-order valence-electron chi connectivity index (χ3n) is 1.12. The van der Waals surface area contributed by atoms with Gasteiger partial charge in [0.1, 0.15) is 0 Å². The van der Waals surface area contributed by atoms with Gasteiger partial charge in [-0.3, -0.25) is 9.59 Å². The topological polar surface area (TPSA) is 74.6 Å². The van der Waals surface area contributed by atoms with E-state index in [9.17, 15) is 9.59 Å². The minimum Gasteiger partial charge on any atom is -0.481 e. The largest absolute Gasteiger partial charge is 0.481 e. The maximum absolute atomic E-state index is 10.0. The number of aliphatic carboxylic acids is 2. The molecule has 0 aliphatic rings. The Morgan fingerprint density at radius 3 is 2.33 bits per heavy atom. The molecule has 67 valence electrons. The molecule has 0 aliphatic carbocycles. The van der Waals surface area contributed by atoms with E-state index in [-0.39, 0.29) is 6.42 Å². The first-order chi connectivity index (χ1) is 5.63. The number of carboxylic acid groups (broad SMARTS) is 2. The van der Waals surface area contributed by atoms with Crippen molar-refractivity contribution in [3.8, 4) is 0 Å². The lowest BCUT2D eigenvalue weighted by Gasteiger charge is -1.88. The van der Waals surface area contributed by atoms with Gasteiger partial charge in [0.25, 0.3) is 0 Å². The molecule has 0 unspecified atom stereocenters. The summed E-state index contributed by atoms with van der Waals surface area (Å²) in [5, 5.41) is 16.4. The summed E-state index contributed by atoms with van der Waals surface area (Å²) < 4.78 is 0. The Morgan fingerprint density at radius 1 is 1.17 bits per heavy atom. The normalized spacial score (nSPS) is 10.3. The van der Waals surface area contributed by atoms with Gasteiger partial charge in [0.05, 0.1) is 6.42 Å². The molecule has 2 N–H and O–H groups in total. The highest BCUT2D eigenvalue weighted by Crippen LogP contribution is 1.94. The summed E-state index contributed by atoms with van der Waals surface area (Å²) in [4.78, 5) is 20.0. The van der Waals surface area contributed by atoms with Gasteiger partial charge >= 0.3 is 11.9 Å². The lowest BCUT2D eigenvalue weighted by Crippen LogP contribution is -1.93. The molecule has 0 fully saturated rings. The van der Waals surface area contributed by atoms with Gasteiger partial charge in [0.15, 0.2) is 0 Å². The van der Waals surface area contributed by atoms with Gasteiger partial charge in [-0.05, 0) is 12.8 Å². The average molecular weight is 171 g/mol. The van der Waals surface area contributed by atoms with Crippen LogP contribution in [0, 0.1) is 6.42 Å². The molecule has 0 aromatic rings. The minimum atomic E-state index is -0.960. The molecule has 4 nitrogen and oxygen atoms in total. The molecule has 0 heterocycles. The van der Waals surface area contributed by atoms with E-state index in [1.54, 1.807) is 12.2 Å². The maximum atomic E-state index is 10.0. The number of hydrogen-bond donors (Lipinski definition) is 2. The van der Waals surface area contributed by atoms with Crippen molar-refractivity contribution in [1.29, 1.82) is 0 Å². The van der Waals surface area contributed by atoms with Crippen molar-refractivity contribution >= 4 is 11.9 Å². The van der Waals surface area contributed by atoms with Crippen LogP contribution in [-0.2, 0) is 9.59 Å². The van der Waals surface area contributed by atoms with E-state index in [4.69, 9.17) is 10.2 Å². The number of rotatable bonds is 6. The molecule has 0 saturated carbocycles. The fraction of sp³-hybridized carbons (Fsp3) is 0.375. The summed E-state index contributed by atoms with van der Waals surface area (Å²) in [5.41, 5.74) is 0. The highest BCUT2D eigenvalue weighted by atomic mass is 16.4. The van der Waals surface area contributed by atoms with Gasteiger partial charge in [-0.15, -0.1) is 0 Å². The van der Waals surface area contributed by atoms with Crippen molar-refractivity contribution in [2.24, 2.45) is 0 Å². The highest BCUT2D eigenvalue weighted by Gasteiger charge is 1.94. The molecule has 0 aliphatic heterocycles. The standard InChI is InChI=1S/C8H11O4/c9-7(10)5-3-1-2-4-6-8(11)12/h1-2,5H,3-4,6H2,(H,9,10)(H,11,12). The highest BCUT2D eigenvalue weighted by molar-refractivity contribution is 5.76. The first kappa shape index (κ1) is 10.7. The molecule has 12 heavy (non-hydrogen) atoms. The Balaban J connectivity index is 3.26. The van der Waals surface area contributed by atoms with E-state index < -0.39 is 11.9 Å². The van der Waals surface area contributed by atoms with Crippen molar-refractivity contribution in [3.63, 3.8) is 0 Å². The second-order valence-corrected chi connectivity index (χ2v) is 2.18. The molecule has 0 atom stereocenters. The van der Waals surface area contributed by atoms with Crippen LogP contribution in [0.25, 0.3) is 0 Å². The van der Waals surface area contributed by atoms with Crippen LogP contribution in [0.1, 0.15) is 19.3 Å². The monoisotopic (exact) mass is 171 g/mol. The molecule has 1 radical (unpaired) electrons. The van der Waals surface area contributed by atoms with Crippen LogP contribution in [-0.4, -0.2) is 22.2 Å². The lowest BCUT2D eigenvalue weighted by atomic mass is 10.2. The quantitative estimate of drug-likeness (QED) is 0.586. The molecule has 0 aromatic heterocycles. The predicted octanol–water partition coefficient (Wildman–Crippen LogP) is 1.09. The number of hydrogen-bond acceptors (Lipinski definition) is 2. The van der Waals surface area contributed by atoms with Gasteiger partial charge in [-0.2, -0.15) is 0 Å². The first-order valence-corrected chi connectivity index (χ1v) is 3.56. The number of carboxylic acids is 2. The second-order valence-electron chi connectivity index (χ2n) is 2.18. The zero-order valence-electron chi connectivity index (χ0n) is 6.56. The lowest BCUT2D eigenvalue weighted by molar-refractivity contribution is -0.137. The minimum absolute atomic E-state index is 0.0869. The summed E-state index contributed by atoms with van der Waals surface area (Å²) >= 11 is 0. The Labute approximate surface area is 70.5 Å². The smallest absolute Gasteiger partial charge is 0.307 e. The molecule has 0 saturated heterocycles. The van der Waals surface area contributed by atoms with Crippen LogP contribution < -0.4 is 0 Å². The van der Waals surface area contributed by atoms with Crippen molar-refractivity contribution < 1.29 is 19.8 Å². The van der Waals surface area contributed by atoms with E-state index in [0.717, 1.165) is 6.42 Å². The van der Waals surface area contributed by atoms with Crippen LogP contribution in [0.2, 0.25) is 0 Å². The van der Waals surface area contributed by atoms with E-state index >= 15 is 0 Å². The fourth-order valence-corrected chi connectivity index (χ4v) is 0.590. The summed E-state index contributed by atoms with van der Waals surface area (Å²) in [6.45, 7) is 0. The van der Waals surface area contributed by atoms with Crippen LogP contribution in [0.4, 0.5) is 0 Å². The summed E-state index contributed by atoms with van der Waals surface area (Å²) in [5.74, 6) is -1.81.